The number of aliphatic hydroxyl groups is 1. The molecule has 1 saturated carbocycles. The van der Waals surface area contributed by atoms with Crippen LogP contribution < -0.4 is 4.90 Å². The summed E-state index contributed by atoms with van der Waals surface area (Å²) < 4.78 is 0. The molecule has 2 aromatic rings. The van der Waals surface area contributed by atoms with Gasteiger partial charge in [0.2, 0.25) is 0 Å². The van der Waals surface area contributed by atoms with Crippen LogP contribution in [0.5, 0.6) is 0 Å². The van der Waals surface area contributed by atoms with E-state index in [0.717, 1.165) is 37.4 Å². The molecule has 1 N–H and O–H groups in total. The lowest BCUT2D eigenvalue weighted by Crippen LogP contribution is -2.23. The number of aryl methyl sites for hydroxylation is 1. The van der Waals surface area contributed by atoms with Crippen molar-refractivity contribution < 1.29 is 5.11 Å². The fraction of sp³-hybridized carbons (Fsp3) is 0.522. The van der Waals surface area contributed by atoms with Gasteiger partial charge < -0.3 is 10.0 Å². The van der Waals surface area contributed by atoms with Crippen molar-refractivity contribution in [2.45, 2.75) is 52.1 Å². The lowest BCUT2D eigenvalue weighted by molar-refractivity contribution is 0.174. The third-order valence-electron chi connectivity index (χ3n) is 5.56. The molecular weight excluding hydrogens is 320 g/mol. The van der Waals surface area contributed by atoms with Gasteiger partial charge in [0.15, 0.2) is 0 Å². The van der Waals surface area contributed by atoms with Crippen LogP contribution in [-0.2, 0) is 5.41 Å². The highest BCUT2D eigenvalue weighted by molar-refractivity contribution is 5.41. The van der Waals surface area contributed by atoms with Crippen LogP contribution in [0.3, 0.4) is 0 Å². The first-order chi connectivity index (χ1) is 12.3. The highest BCUT2D eigenvalue weighted by Crippen LogP contribution is 2.39. The van der Waals surface area contributed by atoms with E-state index in [0.29, 0.717) is 17.3 Å². The number of nitrogens with zero attached hydrogens (tertiary/aromatic N) is 2. The number of aromatic nitrogens is 1. The first-order valence-electron chi connectivity index (χ1n) is 9.75. The van der Waals surface area contributed by atoms with Gasteiger partial charge in [-0.05, 0) is 54.7 Å². The van der Waals surface area contributed by atoms with Crippen molar-refractivity contribution in [3.05, 3.63) is 59.8 Å². The van der Waals surface area contributed by atoms with E-state index in [4.69, 9.17) is 0 Å². The van der Waals surface area contributed by atoms with Crippen LogP contribution in [0.1, 0.15) is 44.9 Å². The number of rotatable bonds is 1. The molecule has 2 heterocycles. The molecule has 0 amide bonds. The van der Waals surface area contributed by atoms with Gasteiger partial charge in [0.1, 0.15) is 5.82 Å². The van der Waals surface area contributed by atoms with Gasteiger partial charge in [0.25, 0.3) is 0 Å². The summed E-state index contributed by atoms with van der Waals surface area (Å²) in [5.41, 5.74) is 2.77. The third kappa shape index (κ3) is 4.64. The fourth-order valence-electron chi connectivity index (χ4n) is 4.10. The standard InChI is InChI=1S/C13H18N2O.C10H14/c1-9-3-2-4-13(14-9)15-7-10-5-12(16)6-11(10)8-15;1-10(2,3)9-7-5-4-6-8-9/h2-4,10-12,16H,5-8H2,1H3;4-8H,1-3H3/t10-,11+,12?;. The minimum atomic E-state index is -0.0531. The van der Waals surface area contributed by atoms with Crippen molar-refractivity contribution in [2.75, 3.05) is 18.0 Å². The first kappa shape index (κ1) is 18.9. The summed E-state index contributed by atoms with van der Waals surface area (Å²) in [4.78, 5) is 6.93. The van der Waals surface area contributed by atoms with Crippen molar-refractivity contribution in [2.24, 2.45) is 11.8 Å². The van der Waals surface area contributed by atoms with E-state index < -0.39 is 0 Å². The molecule has 1 unspecified atom stereocenters. The Morgan fingerprint density at radius 3 is 2.04 bits per heavy atom. The maximum atomic E-state index is 9.60. The lowest BCUT2D eigenvalue weighted by Gasteiger charge is -2.19. The number of anilines is 1. The number of pyridine rings is 1. The van der Waals surface area contributed by atoms with Crippen LogP contribution in [0.4, 0.5) is 5.82 Å². The number of hydrogen-bond acceptors (Lipinski definition) is 3. The quantitative estimate of drug-likeness (QED) is 0.816. The Labute approximate surface area is 158 Å². The second-order valence-corrected chi connectivity index (χ2v) is 8.80. The van der Waals surface area contributed by atoms with E-state index in [-0.39, 0.29) is 6.10 Å². The molecule has 2 fully saturated rings. The minimum Gasteiger partial charge on any atom is -0.393 e. The average molecular weight is 353 g/mol. The van der Waals surface area contributed by atoms with Gasteiger partial charge in [-0.1, -0.05) is 57.2 Å². The highest BCUT2D eigenvalue weighted by atomic mass is 16.3. The SMILES string of the molecule is CC(C)(C)c1ccccc1.Cc1cccc(N2C[C@H]3CC(O)C[C@H]3C2)n1. The van der Waals surface area contributed by atoms with E-state index in [1.54, 1.807) is 0 Å². The monoisotopic (exact) mass is 352 g/mol. The molecule has 140 valence electrons. The van der Waals surface area contributed by atoms with Crippen LogP contribution in [0.25, 0.3) is 0 Å². The summed E-state index contributed by atoms with van der Waals surface area (Å²) in [5.74, 6) is 2.46. The highest BCUT2D eigenvalue weighted by Gasteiger charge is 2.40. The smallest absolute Gasteiger partial charge is 0.128 e. The predicted molar refractivity (Wildman–Crippen MR) is 109 cm³/mol. The van der Waals surface area contributed by atoms with Crippen LogP contribution in [0.2, 0.25) is 0 Å². The average Bonchev–Trinajstić information content (AvgIpc) is 3.13. The molecular formula is C23H32N2O. The maximum absolute atomic E-state index is 9.60. The molecule has 1 aromatic carbocycles. The minimum absolute atomic E-state index is 0.0531. The van der Waals surface area contributed by atoms with Gasteiger partial charge in [-0.2, -0.15) is 0 Å². The number of benzene rings is 1. The summed E-state index contributed by atoms with van der Waals surface area (Å²) in [6.07, 6.45) is 1.91. The van der Waals surface area contributed by atoms with Gasteiger partial charge in [0.05, 0.1) is 6.10 Å². The van der Waals surface area contributed by atoms with E-state index in [9.17, 15) is 5.11 Å². The second-order valence-electron chi connectivity index (χ2n) is 8.80. The van der Waals surface area contributed by atoms with Gasteiger partial charge in [0, 0.05) is 18.8 Å². The fourth-order valence-corrected chi connectivity index (χ4v) is 4.10. The van der Waals surface area contributed by atoms with Crippen molar-refractivity contribution in [3.63, 3.8) is 0 Å². The van der Waals surface area contributed by atoms with Gasteiger partial charge in [-0.3, -0.25) is 0 Å². The van der Waals surface area contributed by atoms with E-state index in [1.165, 1.54) is 5.56 Å². The summed E-state index contributed by atoms with van der Waals surface area (Å²) in [7, 11) is 0. The zero-order valence-electron chi connectivity index (χ0n) is 16.5. The topological polar surface area (TPSA) is 36.4 Å². The number of fused-ring (bicyclic) bond motifs is 1. The summed E-state index contributed by atoms with van der Waals surface area (Å²) in [5, 5.41) is 9.60. The maximum Gasteiger partial charge on any atom is 0.128 e. The first-order valence-corrected chi connectivity index (χ1v) is 9.75. The lowest BCUT2D eigenvalue weighted by atomic mass is 9.87. The predicted octanol–water partition coefficient (Wildman–Crippen LogP) is 4.58. The number of hydrogen-bond donors (Lipinski definition) is 1. The molecule has 0 bridgehead atoms. The van der Waals surface area contributed by atoms with E-state index in [2.05, 4.69) is 73.1 Å². The van der Waals surface area contributed by atoms with Gasteiger partial charge in [-0.25, -0.2) is 4.98 Å². The third-order valence-corrected chi connectivity index (χ3v) is 5.56. The Kier molecular flexibility index (Phi) is 5.67. The van der Waals surface area contributed by atoms with Crippen molar-refractivity contribution in [1.29, 1.82) is 0 Å². The molecule has 1 aromatic heterocycles. The molecule has 0 radical (unpaired) electrons. The Bertz CT molecular complexity index is 694. The van der Waals surface area contributed by atoms with Crippen molar-refractivity contribution >= 4 is 5.82 Å². The van der Waals surface area contributed by atoms with Gasteiger partial charge in [-0.15, -0.1) is 0 Å². The normalized spacial score (nSPS) is 24.8. The van der Waals surface area contributed by atoms with Crippen LogP contribution >= 0.6 is 0 Å². The second kappa shape index (κ2) is 7.79. The Hall–Kier alpha value is -1.87. The molecule has 3 atom stereocenters. The van der Waals surface area contributed by atoms with Crippen molar-refractivity contribution in [3.8, 4) is 0 Å². The molecule has 1 saturated heterocycles. The van der Waals surface area contributed by atoms with Crippen molar-refractivity contribution in [1.82, 2.24) is 4.98 Å². The summed E-state index contributed by atoms with van der Waals surface area (Å²) in [6, 6.07) is 16.7. The molecule has 1 aliphatic carbocycles. The zero-order chi connectivity index (χ0) is 18.7. The number of aliphatic hydroxyl groups excluding tert-OH is 1. The summed E-state index contributed by atoms with van der Waals surface area (Å²) >= 11 is 0. The van der Waals surface area contributed by atoms with E-state index in [1.807, 2.05) is 13.0 Å². The van der Waals surface area contributed by atoms with Gasteiger partial charge >= 0.3 is 0 Å². The van der Waals surface area contributed by atoms with Crippen LogP contribution in [-0.4, -0.2) is 29.3 Å². The van der Waals surface area contributed by atoms with Crippen LogP contribution in [0, 0.1) is 18.8 Å². The Morgan fingerprint density at radius 1 is 0.923 bits per heavy atom. The molecule has 1 aliphatic heterocycles. The molecule has 3 nitrogen and oxygen atoms in total. The Morgan fingerprint density at radius 2 is 1.54 bits per heavy atom. The van der Waals surface area contributed by atoms with Crippen LogP contribution in [0.15, 0.2) is 48.5 Å². The molecule has 2 aliphatic rings. The Balaban J connectivity index is 0.000000170. The zero-order valence-corrected chi connectivity index (χ0v) is 16.5. The largest absolute Gasteiger partial charge is 0.393 e. The van der Waals surface area contributed by atoms with E-state index >= 15 is 0 Å². The molecule has 3 heteroatoms. The molecule has 4 rings (SSSR count). The molecule has 0 spiro atoms. The summed E-state index contributed by atoms with van der Waals surface area (Å²) in [6.45, 7) is 10.8. The molecule has 26 heavy (non-hydrogen) atoms.